The van der Waals surface area contributed by atoms with E-state index in [-0.39, 0.29) is 5.43 Å². The number of hydrogen-bond acceptors (Lipinski definition) is 3. The highest BCUT2D eigenvalue weighted by molar-refractivity contribution is 5.87. The second kappa shape index (κ2) is 3.38. The normalized spacial score (nSPS) is 10.8. The van der Waals surface area contributed by atoms with Gasteiger partial charge in [-0.15, -0.1) is 10.2 Å². The lowest BCUT2D eigenvalue weighted by Crippen LogP contribution is -1.97. The Labute approximate surface area is 91.4 Å². The molecule has 0 aliphatic rings. The summed E-state index contributed by atoms with van der Waals surface area (Å²) < 4.78 is 0. The first-order chi connectivity index (χ1) is 7.86. The smallest absolute Gasteiger partial charge is 0.197 e. The Morgan fingerprint density at radius 2 is 1.12 bits per heavy atom. The molecule has 0 radical (unpaired) electrons. The Hall–Kier alpha value is -2.29. The van der Waals surface area contributed by atoms with Crippen LogP contribution in [0.1, 0.15) is 0 Å². The van der Waals surface area contributed by atoms with Gasteiger partial charge in [0.15, 0.2) is 5.43 Å². The Morgan fingerprint density at radius 1 is 0.688 bits per heavy atom. The predicted octanol–water partition coefficient (Wildman–Crippen LogP) is 2.14. The number of nitrogens with zero attached hydrogens (tertiary/aromatic N) is 2. The van der Waals surface area contributed by atoms with Crippen LogP contribution in [0.4, 0.5) is 0 Å². The van der Waals surface area contributed by atoms with Crippen molar-refractivity contribution in [3.63, 3.8) is 0 Å². The molecule has 0 saturated carbocycles. The molecule has 0 unspecified atom stereocenters. The molecule has 16 heavy (non-hydrogen) atoms. The number of fused-ring (bicyclic) bond motifs is 2. The minimum atomic E-state index is -0.0174. The molecular weight excluding hydrogens is 200 g/mol. The van der Waals surface area contributed by atoms with Gasteiger partial charge in [0, 0.05) is 0 Å². The molecule has 0 atom stereocenters. The first-order valence-electron chi connectivity index (χ1n) is 5.01. The van der Waals surface area contributed by atoms with Crippen molar-refractivity contribution >= 4 is 21.8 Å². The van der Waals surface area contributed by atoms with Crippen molar-refractivity contribution in [3.05, 3.63) is 58.8 Å². The van der Waals surface area contributed by atoms with Crippen LogP contribution in [-0.4, -0.2) is 10.2 Å². The minimum absolute atomic E-state index is 0.0174. The van der Waals surface area contributed by atoms with Gasteiger partial charge in [0.2, 0.25) is 0 Å². The fourth-order valence-corrected chi connectivity index (χ4v) is 1.76. The number of rotatable bonds is 0. The topological polar surface area (TPSA) is 42.9 Å². The quantitative estimate of drug-likeness (QED) is 0.568. The van der Waals surface area contributed by atoms with Crippen LogP contribution < -0.4 is 5.43 Å². The van der Waals surface area contributed by atoms with Crippen LogP contribution >= 0.6 is 0 Å². The van der Waals surface area contributed by atoms with Crippen LogP contribution in [0.2, 0.25) is 0 Å². The van der Waals surface area contributed by atoms with Gasteiger partial charge in [0.1, 0.15) is 0 Å². The van der Waals surface area contributed by atoms with Gasteiger partial charge in [-0.2, -0.15) is 0 Å². The highest BCUT2D eigenvalue weighted by Crippen LogP contribution is 2.09. The lowest BCUT2D eigenvalue weighted by molar-refractivity contribution is 1.13. The summed E-state index contributed by atoms with van der Waals surface area (Å²) in [6.07, 6.45) is 0. The first-order valence-corrected chi connectivity index (χ1v) is 5.01. The average Bonchev–Trinajstić information content (AvgIpc) is 2.49. The summed E-state index contributed by atoms with van der Waals surface area (Å²) in [7, 11) is 0. The summed E-state index contributed by atoms with van der Waals surface area (Å²) in [4.78, 5) is 12.2. The van der Waals surface area contributed by atoms with E-state index in [1.807, 2.05) is 24.3 Å². The highest BCUT2D eigenvalue weighted by atomic mass is 16.1. The maximum absolute atomic E-state index is 12.2. The second-order valence-corrected chi connectivity index (χ2v) is 3.56. The van der Waals surface area contributed by atoms with Crippen molar-refractivity contribution in [1.29, 1.82) is 0 Å². The van der Waals surface area contributed by atoms with Crippen molar-refractivity contribution in [2.45, 2.75) is 0 Å². The fraction of sp³-hybridized carbons (Fsp3) is 0. The van der Waals surface area contributed by atoms with Crippen molar-refractivity contribution in [2.75, 3.05) is 0 Å². The van der Waals surface area contributed by atoms with Crippen molar-refractivity contribution < 1.29 is 0 Å². The maximum Gasteiger partial charge on any atom is 0.197 e. The molecule has 2 aromatic carbocycles. The Kier molecular flexibility index (Phi) is 1.90. The van der Waals surface area contributed by atoms with Crippen molar-refractivity contribution in [3.8, 4) is 0 Å². The Morgan fingerprint density at radius 3 is 1.62 bits per heavy atom. The summed E-state index contributed by atoms with van der Waals surface area (Å²) in [6.45, 7) is 0. The number of hydrogen-bond donors (Lipinski definition) is 0. The zero-order valence-corrected chi connectivity index (χ0v) is 8.42. The molecule has 3 aromatic rings. The largest absolute Gasteiger partial charge is 0.288 e. The van der Waals surface area contributed by atoms with Gasteiger partial charge in [0.05, 0.1) is 21.8 Å². The summed E-state index contributed by atoms with van der Waals surface area (Å²) in [6, 6.07) is 14.5. The molecule has 3 nitrogen and oxygen atoms in total. The molecule has 3 heteroatoms. The molecule has 0 amide bonds. The molecule has 0 aliphatic carbocycles. The Balaban J connectivity index is 2.69. The lowest BCUT2D eigenvalue weighted by atomic mass is 10.2. The number of benzene rings is 2. The lowest BCUT2D eigenvalue weighted by Gasteiger charge is -1.87. The van der Waals surface area contributed by atoms with E-state index in [1.54, 1.807) is 24.3 Å². The fourth-order valence-electron chi connectivity index (χ4n) is 1.76. The first kappa shape index (κ1) is 8.97. The molecule has 0 bridgehead atoms. The predicted molar refractivity (Wildman–Crippen MR) is 63.3 cm³/mol. The third-order valence-corrected chi connectivity index (χ3v) is 2.56. The van der Waals surface area contributed by atoms with Crippen LogP contribution in [0.25, 0.3) is 21.8 Å². The van der Waals surface area contributed by atoms with Crippen LogP contribution in [0, 0.1) is 0 Å². The molecule has 3 rings (SSSR count). The van der Waals surface area contributed by atoms with Crippen molar-refractivity contribution in [2.24, 2.45) is 0 Å². The molecular formula is C13H8N2O. The zero-order valence-electron chi connectivity index (χ0n) is 8.42. The van der Waals surface area contributed by atoms with E-state index >= 15 is 0 Å². The van der Waals surface area contributed by atoms with Crippen LogP contribution in [0.5, 0.6) is 0 Å². The summed E-state index contributed by atoms with van der Waals surface area (Å²) in [5.41, 5.74) is 1.24. The number of aromatic nitrogens is 2. The molecule has 1 heterocycles. The van der Waals surface area contributed by atoms with Crippen molar-refractivity contribution in [1.82, 2.24) is 10.2 Å². The van der Waals surface area contributed by atoms with Crippen LogP contribution in [0.15, 0.2) is 53.3 Å². The van der Waals surface area contributed by atoms with E-state index in [1.165, 1.54) is 0 Å². The van der Waals surface area contributed by atoms with Gasteiger partial charge in [-0.05, 0) is 24.3 Å². The zero-order chi connectivity index (χ0) is 11.0. The average molecular weight is 208 g/mol. The molecule has 0 saturated heterocycles. The van der Waals surface area contributed by atoms with Crippen LogP contribution in [0.3, 0.4) is 0 Å². The van der Waals surface area contributed by atoms with Gasteiger partial charge in [-0.3, -0.25) is 4.79 Å². The van der Waals surface area contributed by atoms with Gasteiger partial charge < -0.3 is 0 Å². The molecule has 0 spiro atoms. The van der Waals surface area contributed by atoms with Gasteiger partial charge in [0.25, 0.3) is 0 Å². The Bertz CT molecular complexity index is 676. The maximum atomic E-state index is 12.2. The molecule has 0 fully saturated rings. The highest BCUT2D eigenvalue weighted by Gasteiger charge is 2.02. The van der Waals surface area contributed by atoms with E-state index < -0.39 is 0 Å². The van der Waals surface area contributed by atoms with Gasteiger partial charge in [-0.1, -0.05) is 24.3 Å². The van der Waals surface area contributed by atoms with Gasteiger partial charge >= 0.3 is 0 Å². The van der Waals surface area contributed by atoms with E-state index in [9.17, 15) is 4.79 Å². The van der Waals surface area contributed by atoms with E-state index in [4.69, 9.17) is 0 Å². The van der Waals surface area contributed by atoms with Crippen LogP contribution in [-0.2, 0) is 0 Å². The second-order valence-electron chi connectivity index (χ2n) is 3.56. The standard InChI is InChI=1S/C13H8N2O/c16-13-9-5-1-3-7-11(9)14-15-12-8-4-2-6-10(12)13/h1-8H. The summed E-state index contributed by atoms with van der Waals surface area (Å²) >= 11 is 0. The van der Waals surface area contributed by atoms with E-state index in [2.05, 4.69) is 10.2 Å². The van der Waals surface area contributed by atoms with E-state index in [0.717, 1.165) is 0 Å². The summed E-state index contributed by atoms with van der Waals surface area (Å²) in [5.74, 6) is 0. The molecule has 76 valence electrons. The third-order valence-electron chi connectivity index (χ3n) is 2.56. The monoisotopic (exact) mass is 208 g/mol. The minimum Gasteiger partial charge on any atom is -0.288 e. The SMILES string of the molecule is O=c1c2ccccc2nnc2ccccc12. The molecule has 0 aliphatic heterocycles. The summed E-state index contributed by atoms with van der Waals surface area (Å²) in [5, 5.41) is 9.38. The molecule has 0 N–H and O–H groups in total. The van der Waals surface area contributed by atoms with E-state index in [0.29, 0.717) is 21.8 Å². The van der Waals surface area contributed by atoms with Gasteiger partial charge in [-0.25, -0.2) is 0 Å². The molecule has 1 aromatic heterocycles. The third kappa shape index (κ3) is 1.26.